The van der Waals surface area contributed by atoms with Crippen molar-refractivity contribution in [2.45, 2.75) is 19.1 Å². The average molecular weight is 502 g/mol. The minimum absolute atomic E-state index is 0.00513. The monoisotopic (exact) mass is 501 g/mol. The predicted octanol–water partition coefficient (Wildman–Crippen LogP) is 2.01. The van der Waals surface area contributed by atoms with Gasteiger partial charge in [-0.1, -0.05) is 12.1 Å². The van der Waals surface area contributed by atoms with Crippen LogP contribution in [0.25, 0.3) is 0 Å². The summed E-state index contributed by atoms with van der Waals surface area (Å²) in [6.45, 7) is 8.77. The van der Waals surface area contributed by atoms with Gasteiger partial charge in [0.15, 0.2) is 0 Å². The van der Waals surface area contributed by atoms with Crippen LogP contribution >= 0.6 is 0 Å². The van der Waals surface area contributed by atoms with Gasteiger partial charge in [0.05, 0.1) is 19.8 Å². The van der Waals surface area contributed by atoms with Crippen molar-refractivity contribution in [3.63, 3.8) is 0 Å². The van der Waals surface area contributed by atoms with Gasteiger partial charge in [0, 0.05) is 52.7 Å². The summed E-state index contributed by atoms with van der Waals surface area (Å²) in [5, 5.41) is 11.4. The summed E-state index contributed by atoms with van der Waals surface area (Å²) in [5.41, 5.74) is -0.173. The number of carbonyl (C=O) groups is 1. The Morgan fingerprint density at radius 1 is 0.944 bits per heavy atom. The molecule has 0 bridgehead atoms. The molecule has 0 radical (unpaired) electrons. The molecule has 1 amide bonds. The highest BCUT2D eigenvalue weighted by atomic mass is 19.1. The number of benzene rings is 2. The van der Waals surface area contributed by atoms with Crippen molar-refractivity contribution in [1.82, 2.24) is 14.7 Å². The summed E-state index contributed by atoms with van der Waals surface area (Å²) >= 11 is 0. The van der Waals surface area contributed by atoms with Crippen LogP contribution in [-0.4, -0.2) is 104 Å². The largest absolute Gasteiger partial charge is 0.492 e. The van der Waals surface area contributed by atoms with Gasteiger partial charge in [-0.05, 0) is 42.0 Å². The maximum atomic E-state index is 13.2. The minimum atomic E-state index is -1.26. The molecule has 0 aromatic heterocycles. The van der Waals surface area contributed by atoms with Crippen LogP contribution in [0.15, 0.2) is 48.5 Å². The van der Waals surface area contributed by atoms with Crippen LogP contribution in [0.3, 0.4) is 0 Å². The van der Waals surface area contributed by atoms with Gasteiger partial charge in [-0.3, -0.25) is 14.6 Å². The van der Waals surface area contributed by atoms with Crippen LogP contribution in [0.1, 0.15) is 12.5 Å². The lowest BCUT2D eigenvalue weighted by atomic mass is 10.0. The number of hydrogen-bond acceptors (Lipinski definition) is 7. The normalized spacial score (nSPS) is 21.7. The highest BCUT2D eigenvalue weighted by molar-refractivity contribution is 5.73. The van der Waals surface area contributed by atoms with E-state index in [0.717, 1.165) is 44.2 Å². The van der Waals surface area contributed by atoms with Crippen molar-refractivity contribution in [3.05, 3.63) is 59.9 Å². The van der Waals surface area contributed by atoms with Crippen LogP contribution in [0.2, 0.25) is 0 Å². The topological polar surface area (TPSA) is 74.7 Å². The summed E-state index contributed by atoms with van der Waals surface area (Å²) in [6.07, 6.45) is 0. The second kappa shape index (κ2) is 12.5. The average Bonchev–Trinajstić information content (AvgIpc) is 3.04. The van der Waals surface area contributed by atoms with Gasteiger partial charge in [-0.15, -0.1) is 0 Å². The van der Waals surface area contributed by atoms with Crippen LogP contribution in [0.4, 0.5) is 4.39 Å². The van der Waals surface area contributed by atoms with E-state index in [1.54, 1.807) is 4.90 Å². The Kier molecular flexibility index (Phi) is 9.14. The second-order valence-corrected chi connectivity index (χ2v) is 9.56. The van der Waals surface area contributed by atoms with Crippen molar-refractivity contribution in [2.75, 3.05) is 72.2 Å². The predicted molar refractivity (Wildman–Crippen MR) is 134 cm³/mol. The number of rotatable bonds is 9. The summed E-state index contributed by atoms with van der Waals surface area (Å²) in [6, 6.07) is 13.7. The maximum Gasteiger partial charge on any atom is 0.219 e. The fourth-order valence-corrected chi connectivity index (χ4v) is 4.55. The number of carbonyl (C=O) groups excluding carboxylic acids is 1. The minimum Gasteiger partial charge on any atom is -0.492 e. The van der Waals surface area contributed by atoms with Crippen molar-refractivity contribution in [1.29, 1.82) is 0 Å². The summed E-state index contributed by atoms with van der Waals surface area (Å²) < 4.78 is 30.3. The molecule has 0 saturated carbocycles. The van der Waals surface area contributed by atoms with Crippen LogP contribution in [0.5, 0.6) is 11.5 Å². The van der Waals surface area contributed by atoms with Gasteiger partial charge in [0.2, 0.25) is 5.91 Å². The molecule has 0 unspecified atom stereocenters. The van der Waals surface area contributed by atoms with Gasteiger partial charge >= 0.3 is 0 Å². The fourth-order valence-electron chi connectivity index (χ4n) is 4.55. The molecule has 1 atom stereocenters. The van der Waals surface area contributed by atoms with Gasteiger partial charge in [-0.25, -0.2) is 4.39 Å². The zero-order valence-corrected chi connectivity index (χ0v) is 20.9. The molecular weight excluding hydrogens is 465 g/mol. The van der Waals surface area contributed by atoms with Crippen molar-refractivity contribution >= 4 is 5.91 Å². The number of amides is 1. The first kappa shape index (κ1) is 26.3. The number of nitrogens with zero attached hydrogens (tertiary/aromatic N) is 3. The molecule has 2 aliphatic rings. The van der Waals surface area contributed by atoms with E-state index in [1.165, 1.54) is 31.2 Å². The lowest BCUT2D eigenvalue weighted by Gasteiger charge is -2.32. The van der Waals surface area contributed by atoms with Crippen molar-refractivity contribution in [3.8, 4) is 11.5 Å². The van der Waals surface area contributed by atoms with E-state index in [-0.39, 0.29) is 24.9 Å². The second-order valence-electron chi connectivity index (χ2n) is 9.56. The molecule has 36 heavy (non-hydrogen) atoms. The Morgan fingerprint density at radius 2 is 1.61 bits per heavy atom. The Bertz CT molecular complexity index is 968. The van der Waals surface area contributed by atoms with E-state index in [1.807, 2.05) is 24.3 Å². The Labute approximate surface area is 212 Å². The fraction of sp³-hybridized carbons (Fsp3) is 0.519. The van der Waals surface area contributed by atoms with Gasteiger partial charge in [0.25, 0.3) is 0 Å². The van der Waals surface area contributed by atoms with E-state index in [9.17, 15) is 14.3 Å². The molecule has 8 nitrogen and oxygen atoms in total. The molecule has 1 N–H and O–H groups in total. The third kappa shape index (κ3) is 7.89. The molecule has 0 aliphatic carbocycles. The first-order chi connectivity index (χ1) is 17.4. The molecule has 0 spiro atoms. The molecule has 2 heterocycles. The quantitative estimate of drug-likeness (QED) is 0.564. The van der Waals surface area contributed by atoms with Gasteiger partial charge < -0.3 is 24.2 Å². The first-order valence-electron chi connectivity index (χ1n) is 12.5. The molecule has 2 fully saturated rings. The van der Waals surface area contributed by atoms with E-state index in [0.29, 0.717) is 38.5 Å². The summed E-state index contributed by atoms with van der Waals surface area (Å²) in [4.78, 5) is 18.2. The molecule has 4 rings (SSSR count). The SMILES string of the molecule is CC(=O)N1CCN(Cc2ccc(OCCN3CCOCC3)cc2)C[C@](O)(COc2ccc(F)cc2)C1. The first-order valence-corrected chi connectivity index (χ1v) is 12.5. The lowest BCUT2D eigenvalue weighted by molar-refractivity contribution is -0.132. The van der Waals surface area contributed by atoms with Crippen LogP contribution in [0, 0.1) is 5.82 Å². The van der Waals surface area contributed by atoms with Gasteiger partial charge in [0.1, 0.15) is 36.1 Å². The number of morpholine rings is 1. The van der Waals surface area contributed by atoms with Gasteiger partial charge in [-0.2, -0.15) is 0 Å². The van der Waals surface area contributed by atoms with E-state index < -0.39 is 5.60 Å². The van der Waals surface area contributed by atoms with Crippen molar-refractivity contribution in [2.24, 2.45) is 0 Å². The molecule has 2 saturated heterocycles. The maximum absolute atomic E-state index is 13.2. The van der Waals surface area contributed by atoms with E-state index in [4.69, 9.17) is 14.2 Å². The Hall–Kier alpha value is -2.72. The molecule has 196 valence electrons. The molecule has 9 heteroatoms. The molecule has 2 aliphatic heterocycles. The smallest absolute Gasteiger partial charge is 0.219 e. The lowest BCUT2D eigenvalue weighted by Crippen LogP contribution is -2.51. The Balaban J connectivity index is 1.32. The zero-order chi connectivity index (χ0) is 25.4. The summed E-state index contributed by atoms with van der Waals surface area (Å²) in [7, 11) is 0. The number of aliphatic hydroxyl groups is 1. The number of halogens is 1. The number of hydrogen-bond donors (Lipinski definition) is 1. The van der Waals surface area contributed by atoms with Crippen molar-refractivity contribution < 1.29 is 28.5 Å². The van der Waals surface area contributed by atoms with Crippen LogP contribution < -0.4 is 9.47 Å². The third-order valence-electron chi connectivity index (χ3n) is 6.57. The van der Waals surface area contributed by atoms with E-state index in [2.05, 4.69) is 9.80 Å². The molecule has 2 aromatic rings. The standard InChI is InChI=1S/C27H36FN3O5/c1-22(32)31-11-10-30(19-27(33,20-31)21-36-26-8-4-24(28)5-9-26)18-23-2-6-25(7-3-23)35-17-14-29-12-15-34-16-13-29/h2-9,33H,10-21H2,1H3/t27-/m1/s1. The Morgan fingerprint density at radius 3 is 2.31 bits per heavy atom. The highest BCUT2D eigenvalue weighted by Crippen LogP contribution is 2.21. The van der Waals surface area contributed by atoms with Crippen LogP contribution in [-0.2, 0) is 16.1 Å². The summed E-state index contributed by atoms with van der Waals surface area (Å²) in [5.74, 6) is 0.864. The van der Waals surface area contributed by atoms with E-state index >= 15 is 0 Å². The zero-order valence-electron chi connectivity index (χ0n) is 20.9. The molecule has 2 aromatic carbocycles. The number of β-amino-alcohol motifs (C(OH)–C–C–N with tert-alkyl or cyclic N) is 1. The third-order valence-corrected chi connectivity index (χ3v) is 6.57. The molecular formula is C27H36FN3O5. The number of ether oxygens (including phenoxy) is 3. The highest BCUT2D eigenvalue weighted by Gasteiger charge is 2.36.